The van der Waals surface area contributed by atoms with Crippen molar-refractivity contribution in [3.8, 4) is 0 Å². The van der Waals surface area contributed by atoms with Crippen LogP contribution in [-0.4, -0.2) is 25.2 Å². The van der Waals surface area contributed by atoms with Gasteiger partial charge in [-0.15, -0.1) is 0 Å². The van der Waals surface area contributed by atoms with Gasteiger partial charge < -0.3 is 14.5 Å². The van der Waals surface area contributed by atoms with Gasteiger partial charge in [0.25, 0.3) is 0 Å². The molecule has 0 atom stereocenters. The third kappa shape index (κ3) is 3.18. The number of rotatable bonds is 6. The molecule has 0 radical (unpaired) electrons. The van der Waals surface area contributed by atoms with Crippen molar-refractivity contribution < 1.29 is 9.15 Å². The molecule has 0 fully saturated rings. The van der Waals surface area contributed by atoms with Crippen LogP contribution >= 0.6 is 0 Å². The smallest absolute Gasteiger partial charge is 0.408 e. The highest BCUT2D eigenvalue weighted by Gasteiger charge is 2.01. The van der Waals surface area contributed by atoms with E-state index in [1.807, 2.05) is 19.2 Å². The third-order valence-electron chi connectivity index (χ3n) is 2.47. The zero-order chi connectivity index (χ0) is 12.1. The lowest BCUT2D eigenvalue weighted by Crippen LogP contribution is -2.10. The van der Waals surface area contributed by atoms with E-state index in [1.54, 1.807) is 6.07 Å². The van der Waals surface area contributed by atoms with Gasteiger partial charge in [-0.25, -0.2) is 4.79 Å². The third-order valence-corrected chi connectivity index (χ3v) is 2.47. The van der Waals surface area contributed by atoms with Crippen molar-refractivity contribution in [3.05, 3.63) is 34.3 Å². The molecule has 1 heterocycles. The van der Waals surface area contributed by atoms with Gasteiger partial charge in [0, 0.05) is 6.61 Å². The van der Waals surface area contributed by atoms with Crippen LogP contribution in [0.4, 0.5) is 0 Å². The molecule has 0 saturated heterocycles. The zero-order valence-electron chi connectivity index (χ0n) is 9.79. The molecule has 2 rings (SSSR count). The number of aromatic nitrogens is 1. The maximum Gasteiger partial charge on any atom is 0.417 e. The van der Waals surface area contributed by atoms with E-state index >= 15 is 0 Å². The molecule has 2 aromatic rings. The Balaban J connectivity index is 1.92. The summed E-state index contributed by atoms with van der Waals surface area (Å²) in [5.74, 6) is -0.424. The molecule has 0 unspecified atom stereocenters. The van der Waals surface area contributed by atoms with Gasteiger partial charge >= 0.3 is 5.76 Å². The molecule has 5 heteroatoms. The van der Waals surface area contributed by atoms with E-state index in [0.29, 0.717) is 17.7 Å². The van der Waals surface area contributed by atoms with Crippen LogP contribution in [0, 0.1) is 0 Å². The minimum atomic E-state index is -0.424. The number of fused-ring (bicyclic) bond motifs is 1. The number of oxazole rings is 1. The highest BCUT2D eigenvalue weighted by atomic mass is 16.5. The average molecular weight is 236 g/mol. The summed E-state index contributed by atoms with van der Waals surface area (Å²) in [6.45, 7) is 2.22. The topological polar surface area (TPSA) is 67.3 Å². The molecule has 0 bridgehead atoms. The lowest BCUT2D eigenvalue weighted by Gasteiger charge is -2.03. The highest BCUT2D eigenvalue weighted by molar-refractivity contribution is 5.72. The summed E-state index contributed by atoms with van der Waals surface area (Å²) in [5, 5.41) is 3.06. The Morgan fingerprint density at radius 1 is 1.47 bits per heavy atom. The Kier molecular flexibility index (Phi) is 3.95. The second-order valence-corrected chi connectivity index (χ2v) is 3.85. The minimum Gasteiger partial charge on any atom is -0.408 e. The first-order valence-electron chi connectivity index (χ1n) is 5.63. The number of nitrogens with one attached hydrogen (secondary N) is 2. The monoisotopic (exact) mass is 236 g/mol. The Hall–Kier alpha value is -1.59. The van der Waals surface area contributed by atoms with Crippen LogP contribution in [0.3, 0.4) is 0 Å². The van der Waals surface area contributed by atoms with E-state index < -0.39 is 5.76 Å². The molecule has 5 nitrogen and oxygen atoms in total. The van der Waals surface area contributed by atoms with Gasteiger partial charge in [-0.3, -0.25) is 4.98 Å². The summed E-state index contributed by atoms with van der Waals surface area (Å²) in [5.41, 5.74) is 2.32. The minimum absolute atomic E-state index is 0.424. The summed E-state index contributed by atoms with van der Waals surface area (Å²) < 4.78 is 10.4. The van der Waals surface area contributed by atoms with Crippen molar-refractivity contribution in [2.24, 2.45) is 0 Å². The number of H-pyrrole nitrogens is 1. The van der Waals surface area contributed by atoms with E-state index in [4.69, 9.17) is 9.15 Å². The van der Waals surface area contributed by atoms with E-state index in [-0.39, 0.29) is 0 Å². The van der Waals surface area contributed by atoms with Gasteiger partial charge in [-0.05, 0) is 37.7 Å². The van der Waals surface area contributed by atoms with Crippen LogP contribution in [0.25, 0.3) is 11.1 Å². The van der Waals surface area contributed by atoms with Crippen molar-refractivity contribution in [2.75, 3.05) is 20.2 Å². The molecule has 2 N–H and O–H groups in total. The first kappa shape index (κ1) is 11.9. The summed E-state index contributed by atoms with van der Waals surface area (Å²) in [7, 11) is 1.92. The van der Waals surface area contributed by atoms with Crippen LogP contribution in [0.5, 0.6) is 0 Å². The number of benzene rings is 1. The predicted molar refractivity (Wildman–Crippen MR) is 65.0 cm³/mol. The Labute approximate surface area is 98.8 Å². The van der Waals surface area contributed by atoms with E-state index in [1.165, 1.54) is 0 Å². The van der Waals surface area contributed by atoms with Gasteiger partial charge in [-0.1, -0.05) is 6.07 Å². The fourth-order valence-electron chi connectivity index (χ4n) is 1.63. The fourth-order valence-corrected chi connectivity index (χ4v) is 1.63. The van der Waals surface area contributed by atoms with Gasteiger partial charge in [0.1, 0.15) is 0 Å². The number of hydrogen-bond donors (Lipinski definition) is 2. The number of aromatic amines is 1. The van der Waals surface area contributed by atoms with Crippen molar-refractivity contribution in [1.29, 1.82) is 0 Å². The van der Waals surface area contributed by atoms with Crippen LogP contribution in [0.1, 0.15) is 12.0 Å². The first-order valence-corrected chi connectivity index (χ1v) is 5.63. The Bertz CT molecular complexity index is 530. The van der Waals surface area contributed by atoms with Crippen molar-refractivity contribution in [1.82, 2.24) is 10.3 Å². The SMILES string of the molecule is CNCCCOCc1ccc2oc(=O)[nH]c2c1. The summed E-state index contributed by atoms with van der Waals surface area (Å²) in [6.07, 6.45) is 0.987. The number of ether oxygens (including phenoxy) is 1. The van der Waals surface area contributed by atoms with Gasteiger partial charge in [-0.2, -0.15) is 0 Å². The molecule has 0 aliphatic carbocycles. The molecule has 0 saturated carbocycles. The lowest BCUT2D eigenvalue weighted by molar-refractivity contribution is 0.119. The van der Waals surface area contributed by atoms with Gasteiger partial charge in [0.15, 0.2) is 5.58 Å². The Morgan fingerprint density at radius 2 is 2.35 bits per heavy atom. The van der Waals surface area contributed by atoms with Crippen LogP contribution in [-0.2, 0) is 11.3 Å². The second kappa shape index (κ2) is 5.65. The second-order valence-electron chi connectivity index (χ2n) is 3.85. The normalized spacial score (nSPS) is 11.1. The van der Waals surface area contributed by atoms with Crippen molar-refractivity contribution in [2.45, 2.75) is 13.0 Å². The van der Waals surface area contributed by atoms with Crippen molar-refractivity contribution in [3.63, 3.8) is 0 Å². The molecule has 17 heavy (non-hydrogen) atoms. The van der Waals surface area contributed by atoms with Crippen LogP contribution in [0.15, 0.2) is 27.4 Å². The Morgan fingerprint density at radius 3 is 3.18 bits per heavy atom. The molecule has 0 amide bonds. The zero-order valence-corrected chi connectivity index (χ0v) is 9.79. The maximum absolute atomic E-state index is 11.0. The largest absolute Gasteiger partial charge is 0.417 e. The van der Waals surface area contributed by atoms with E-state index in [9.17, 15) is 4.79 Å². The first-order chi connectivity index (χ1) is 8.29. The summed E-state index contributed by atoms with van der Waals surface area (Å²) in [6, 6.07) is 5.55. The molecule has 0 spiro atoms. The predicted octanol–water partition coefficient (Wildman–Crippen LogP) is 1.25. The average Bonchev–Trinajstić information content (AvgIpc) is 2.68. The molecule has 1 aromatic heterocycles. The quantitative estimate of drug-likeness (QED) is 0.741. The molecule has 1 aromatic carbocycles. The fraction of sp³-hybridized carbons (Fsp3) is 0.417. The summed E-state index contributed by atoms with van der Waals surface area (Å²) in [4.78, 5) is 13.6. The molecule has 92 valence electrons. The number of hydrogen-bond acceptors (Lipinski definition) is 4. The van der Waals surface area contributed by atoms with Gasteiger partial charge in [0.05, 0.1) is 12.1 Å². The molecule has 0 aliphatic rings. The molecular weight excluding hydrogens is 220 g/mol. The van der Waals surface area contributed by atoms with E-state index in [2.05, 4.69) is 10.3 Å². The van der Waals surface area contributed by atoms with Crippen LogP contribution < -0.4 is 11.1 Å². The van der Waals surface area contributed by atoms with Crippen LogP contribution in [0.2, 0.25) is 0 Å². The lowest BCUT2D eigenvalue weighted by atomic mass is 10.2. The highest BCUT2D eigenvalue weighted by Crippen LogP contribution is 2.12. The van der Waals surface area contributed by atoms with Crippen molar-refractivity contribution >= 4 is 11.1 Å². The van der Waals surface area contributed by atoms with E-state index in [0.717, 1.165) is 25.1 Å². The summed E-state index contributed by atoms with van der Waals surface area (Å²) >= 11 is 0. The maximum atomic E-state index is 11.0. The molecular formula is C12H16N2O3. The van der Waals surface area contributed by atoms with Gasteiger partial charge in [0.2, 0.25) is 0 Å². The molecule has 0 aliphatic heterocycles. The standard InChI is InChI=1S/C12H16N2O3/c1-13-5-2-6-16-8-9-3-4-11-10(7-9)14-12(15)17-11/h3-4,7,13H,2,5-6,8H2,1H3,(H,14,15).